The maximum Gasteiger partial charge on any atom is 0.325 e. The molecule has 184 valence electrons. The van der Waals surface area contributed by atoms with Gasteiger partial charge in [0, 0.05) is 26.2 Å². The van der Waals surface area contributed by atoms with Crippen LogP contribution >= 0.6 is 0 Å². The highest BCUT2D eigenvalue weighted by atomic mass is 16.6. The van der Waals surface area contributed by atoms with Gasteiger partial charge in [0.2, 0.25) is 5.91 Å². The number of nitrogens with zero attached hydrogens (tertiary/aromatic N) is 2. The molecule has 1 heterocycles. The average Bonchev–Trinajstić information content (AvgIpc) is 2.74. The van der Waals surface area contributed by atoms with E-state index in [2.05, 4.69) is 32.6 Å². The van der Waals surface area contributed by atoms with E-state index in [-0.39, 0.29) is 32.1 Å². The van der Waals surface area contributed by atoms with Crippen molar-refractivity contribution in [3.05, 3.63) is 35.9 Å². The van der Waals surface area contributed by atoms with Gasteiger partial charge in [0.25, 0.3) is 0 Å². The van der Waals surface area contributed by atoms with E-state index in [0.717, 1.165) is 5.56 Å². The molecule has 1 aliphatic rings. The van der Waals surface area contributed by atoms with Crippen LogP contribution in [0.1, 0.15) is 53.5 Å². The average molecular weight is 461 g/mol. The Hall–Kier alpha value is -2.41. The molecule has 1 aliphatic heterocycles. The molecule has 1 aromatic carbocycles. The first-order valence-corrected chi connectivity index (χ1v) is 12.1. The zero-order valence-corrected chi connectivity index (χ0v) is 21.0. The van der Waals surface area contributed by atoms with Crippen LogP contribution in [0.15, 0.2) is 30.3 Å². The monoisotopic (exact) mass is 460 g/mol. The number of ether oxygens (including phenoxy) is 2. The molecule has 1 aromatic rings. The summed E-state index contributed by atoms with van der Waals surface area (Å²) in [6, 6.07) is 9.21. The van der Waals surface area contributed by atoms with Gasteiger partial charge in [-0.05, 0) is 31.2 Å². The van der Waals surface area contributed by atoms with Crippen molar-refractivity contribution in [2.24, 2.45) is 17.3 Å². The van der Waals surface area contributed by atoms with Crippen LogP contribution in [0.3, 0.4) is 0 Å². The molecule has 0 bridgehead atoms. The van der Waals surface area contributed by atoms with Gasteiger partial charge in [-0.2, -0.15) is 0 Å². The molecule has 0 aliphatic carbocycles. The molecule has 7 nitrogen and oxygen atoms in total. The van der Waals surface area contributed by atoms with Gasteiger partial charge in [-0.25, -0.2) is 0 Å². The van der Waals surface area contributed by atoms with Crippen LogP contribution in [0, 0.1) is 17.3 Å². The summed E-state index contributed by atoms with van der Waals surface area (Å²) in [4.78, 5) is 44.1. The van der Waals surface area contributed by atoms with E-state index < -0.39 is 23.4 Å². The van der Waals surface area contributed by atoms with Crippen LogP contribution in [-0.2, 0) is 30.4 Å². The summed E-state index contributed by atoms with van der Waals surface area (Å²) in [5, 5.41) is 0. The van der Waals surface area contributed by atoms with E-state index in [1.165, 1.54) is 0 Å². The van der Waals surface area contributed by atoms with Crippen LogP contribution in [0.2, 0.25) is 0 Å². The van der Waals surface area contributed by atoms with Crippen LogP contribution in [0.5, 0.6) is 0 Å². The Balaban J connectivity index is 2.56. The third-order valence-corrected chi connectivity index (χ3v) is 5.88. The van der Waals surface area contributed by atoms with Gasteiger partial charge in [0.05, 0.1) is 25.7 Å². The lowest BCUT2D eigenvalue weighted by atomic mass is 9.72. The number of hydrogen-bond acceptors (Lipinski definition) is 6. The smallest absolute Gasteiger partial charge is 0.325 e. The highest BCUT2D eigenvalue weighted by Crippen LogP contribution is 2.40. The Kier molecular flexibility index (Phi) is 9.89. The number of rotatable bonds is 11. The fourth-order valence-electron chi connectivity index (χ4n) is 4.60. The molecule has 1 unspecified atom stereocenters. The van der Waals surface area contributed by atoms with E-state index in [1.807, 2.05) is 30.3 Å². The second-order valence-electron chi connectivity index (χ2n) is 9.61. The Bertz CT molecular complexity index is 765. The van der Waals surface area contributed by atoms with Crippen LogP contribution in [-0.4, -0.2) is 66.5 Å². The van der Waals surface area contributed by atoms with E-state index >= 15 is 0 Å². The topological polar surface area (TPSA) is 76.2 Å². The maximum absolute atomic E-state index is 13.4. The summed E-state index contributed by atoms with van der Waals surface area (Å²) in [6.45, 7) is 14.2. The molecule has 33 heavy (non-hydrogen) atoms. The summed E-state index contributed by atoms with van der Waals surface area (Å²) < 4.78 is 10.8. The van der Waals surface area contributed by atoms with Gasteiger partial charge in [0.15, 0.2) is 5.41 Å². The number of carbonyl (C=O) groups excluding carboxylic acids is 3. The molecule has 2 rings (SSSR count). The lowest BCUT2D eigenvalue weighted by Gasteiger charge is -2.49. The first-order valence-electron chi connectivity index (χ1n) is 12.1. The van der Waals surface area contributed by atoms with Crippen molar-refractivity contribution in [3.8, 4) is 0 Å². The first kappa shape index (κ1) is 26.8. The van der Waals surface area contributed by atoms with Crippen molar-refractivity contribution in [1.29, 1.82) is 0 Å². The van der Waals surface area contributed by atoms with E-state index in [9.17, 15) is 14.4 Å². The SMILES string of the molecule is CCOC(=O)C1(C(=O)OCC)CC(=O)N(Cc2ccccc2)CC1N(CC(C)C)CC(C)C. The predicted octanol–water partition coefficient (Wildman–Crippen LogP) is 3.51. The fourth-order valence-corrected chi connectivity index (χ4v) is 4.60. The van der Waals surface area contributed by atoms with Crippen molar-refractivity contribution < 1.29 is 23.9 Å². The first-order chi connectivity index (χ1) is 15.6. The molecular formula is C26H40N2O5. The zero-order chi connectivity index (χ0) is 24.6. The lowest BCUT2D eigenvalue weighted by Crippen LogP contribution is -2.67. The number of likely N-dealkylation sites (tertiary alicyclic amines) is 1. The van der Waals surface area contributed by atoms with Gasteiger partial charge in [-0.1, -0.05) is 58.0 Å². The molecule has 1 saturated heterocycles. The Morgan fingerprint density at radius 2 is 1.52 bits per heavy atom. The van der Waals surface area contributed by atoms with Gasteiger partial charge in [-0.15, -0.1) is 0 Å². The molecule has 0 aromatic heterocycles. The number of piperidine rings is 1. The summed E-state index contributed by atoms with van der Waals surface area (Å²) in [6.07, 6.45) is -0.255. The van der Waals surface area contributed by atoms with Crippen molar-refractivity contribution in [3.63, 3.8) is 0 Å². The molecule has 7 heteroatoms. The third-order valence-electron chi connectivity index (χ3n) is 5.88. The largest absolute Gasteiger partial charge is 0.465 e. The van der Waals surface area contributed by atoms with Gasteiger partial charge in [-0.3, -0.25) is 19.3 Å². The molecule has 0 spiro atoms. The molecule has 1 fully saturated rings. The summed E-state index contributed by atoms with van der Waals surface area (Å²) >= 11 is 0. The summed E-state index contributed by atoms with van der Waals surface area (Å²) in [5.41, 5.74) is -0.677. The minimum atomic E-state index is -1.68. The number of amides is 1. The fraction of sp³-hybridized carbons (Fsp3) is 0.654. The molecule has 0 saturated carbocycles. The van der Waals surface area contributed by atoms with Crippen molar-refractivity contribution in [1.82, 2.24) is 9.80 Å². The van der Waals surface area contributed by atoms with E-state index in [4.69, 9.17) is 9.47 Å². The third kappa shape index (κ3) is 6.56. The summed E-state index contributed by atoms with van der Waals surface area (Å²) in [7, 11) is 0. The quantitative estimate of drug-likeness (QED) is 0.372. The van der Waals surface area contributed by atoms with Crippen LogP contribution < -0.4 is 0 Å². The predicted molar refractivity (Wildman–Crippen MR) is 127 cm³/mol. The number of benzene rings is 1. The molecule has 0 radical (unpaired) electrons. The van der Waals surface area contributed by atoms with Gasteiger partial charge < -0.3 is 14.4 Å². The van der Waals surface area contributed by atoms with Crippen molar-refractivity contribution in [2.75, 3.05) is 32.8 Å². The molecule has 1 atom stereocenters. The highest BCUT2D eigenvalue weighted by Gasteiger charge is 2.61. The van der Waals surface area contributed by atoms with Gasteiger partial charge in [0.1, 0.15) is 0 Å². The second kappa shape index (κ2) is 12.2. The zero-order valence-electron chi connectivity index (χ0n) is 21.0. The standard InChI is InChI=1S/C26H40N2O5/c1-7-32-24(30)26(25(31)33-8-2)14-23(29)28(17-21-12-10-9-11-13-21)18-22(26)27(15-19(3)4)16-20(5)6/h9-13,19-20,22H,7-8,14-18H2,1-6H3. The molecule has 0 N–H and O–H groups in total. The Labute approximate surface area is 198 Å². The van der Waals surface area contributed by atoms with Crippen molar-refractivity contribution in [2.45, 2.75) is 60.5 Å². The molecule has 1 amide bonds. The maximum atomic E-state index is 13.4. The van der Waals surface area contributed by atoms with E-state index in [0.29, 0.717) is 31.5 Å². The van der Waals surface area contributed by atoms with Crippen LogP contribution in [0.25, 0.3) is 0 Å². The second-order valence-corrected chi connectivity index (χ2v) is 9.61. The van der Waals surface area contributed by atoms with Crippen molar-refractivity contribution >= 4 is 17.8 Å². The lowest BCUT2D eigenvalue weighted by molar-refractivity contribution is -0.187. The van der Waals surface area contributed by atoms with Gasteiger partial charge >= 0.3 is 11.9 Å². The molecular weight excluding hydrogens is 420 g/mol. The Morgan fingerprint density at radius 1 is 1.00 bits per heavy atom. The van der Waals surface area contributed by atoms with Crippen LogP contribution in [0.4, 0.5) is 0 Å². The number of hydrogen-bond donors (Lipinski definition) is 0. The highest BCUT2D eigenvalue weighted by molar-refractivity contribution is 6.05. The number of carbonyl (C=O) groups is 3. The minimum Gasteiger partial charge on any atom is -0.465 e. The normalized spacial score (nSPS) is 18.2. The summed E-state index contributed by atoms with van der Waals surface area (Å²) in [5.74, 6) is -0.959. The number of esters is 2. The minimum absolute atomic E-state index is 0.128. The van der Waals surface area contributed by atoms with E-state index in [1.54, 1.807) is 18.7 Å². The Morgan fingerprint density at radius 3 is 1.97 bits per heavy atom.